The number of carbonyl (C=O) groups is 1. The summed E-state index contributed by atoms with van der Waals surface area (Å²) in [7, 11) is 2.11. The van der Waals surface area contributed by atoms with E-state index in [9.17, 15) is 4.79 Å². The molecular formula is C16H31N3O2. The highest BCUT2D eigenvalue weighted by atomic mass is 16.5. The Balaban J connectivity index is 1.81. The van der Waals surface area contributed by atoms with Crippen molar-refractivity contribution in [1.82, 2.24) is 15.1 Å². The molecule has 2 aliphatic rings. The van der Waals surface area contributed by atoms with Crippen LogP contribution < -0.4 is 5.32 Å². The van der Waals surface area contributed by atoms with Crippen LogP contribution in [-0.2, 0) is 9.53 Å². The zero-order valence-corrected chi connectivity index (χ0v) is 13.8. The van der Waals surface area contributed by atoms with Crippen molar-refractivity contribution in [3.63, 3.8) is 0 Å². The highest BCUT2D eigenvalue weighted by Gasteiger charge is 2.31. The quantitative estimate of drug-likeness (QED) is 0.825. The largest absolute Gasteiger partial charge is 0.378 e. The van der Waals surface area contributed by atoms with Crippen LogP contribution in [-0.4, -0.2) is 73.7 Å². The number of morpholine rings is 1. The van der Waals surface area contributed by atoms with Crippen molar-refractivity contribution >= 4 is 5.91 Å². The third-order valence-corrected chi connectivity index (χ3v) is 5.06. The molecule has 0 spiro atoms. The van der Waals surface area contributed by atoms with Crippen LogP contribution >= 0.6 is 0 Å². The number of rotatable bonds is 5. The van der Waals surface area contributed by atoms with Gasteiger partial charge in [-0.05, 0) is 46.2 Å². The SMILES string of the molecule is CCNC1CCC(N(C)C(C)C(=O)N2CCOCC2)CC1. The topological polar surface area (TPSA) is 44.8 Å². The van der Waals surface area contributed by atoms with Gasteiger partial charge < -0.3 is 15.0 Å². The van der Waals surface area contributed by atoms with Crippen molar-refractivity contribution in [2.24, 2.45) is 0 Å². The average Bonchev–Trinajstić information content (AvgIpc) is 2.54. The summed E-state index contributed by atoms with van der Waals surface area (Å²) in [6, 6.07) is 1.19. The van der Waals surface area contributed by atoms with Gasteiger partial charge in [0.2, 0.25) is 5.91 Å². The van der Waals surface area contributed by atoms with E-state index >= 15 is 0 Å². The zero-order valence-electron chi connectivity index (χ0n) is 13.8. The van der Waals surface area contributed by atoms with E-state index in [-0.39, 0.29) is 11.9 Å². The Labute approximate surface area is 129 Å². The first-order chi connectivity index (χ1) is 10.1. The molecule has 0 bridgehead atoms. The third-order valence-electron chi connectivity index (χ3n) is 5.06. The summed E-state index contributed by atoms with van der Waals surface area (Å²) in [6.07, 6.45) is 4.83. The number of hydrogen-bond acceptors (Lipinski definition) is 4. The molecule has 1 N–H and O–H groups in total. The molecule has 1 aliphatic carbocycles. The molecular weight excluding hydrogens is 266 g/mol. The number of amides is 1. The summed E-state index contributed by atoms with van der Waals surface area (Å²) < 4.78 is 5.33. The minimum absolute atomic E-state index is 0.0243. The van der Waals surface area contributed by atoms with Crippen molar-refractivity contribution < 1.29 is 9.53 Å². The van der Waals surface area contributed by atoms with Crippen LogP contribution in [0.15, 0.2) is 0 Å². The molecule has 1 atom stereocenters. The van der Waals surface area contributed by atoms with Gasteiger partial charge in [-0.3, -0.25) is 9.69 Å². The molecule has 5 nitrogen and oxygen atoms in total. The predicted octanol–water partition coefficient (Wildman–Crippen LogP) is 1.09. The molecule has 5 heteroatoms. The molecule has 21 heavy (non-hydrogen) atoms. The number of nitrogens with zero attached hydrogens (tertiary/aromatic N) is 2. The van der Waals surface area contributed by atoms with Crippen LogP contribution in [0.3, 0.4) is 0 Å². The maximum Gasteiger partial charge on any atom is 0.239 e. The van der Waals surface area contributed by atoms with Gasteiger partial charge in [0.15, 0.2) is 0 Å². The molecule has 2 fully saturated rings. The first kappa shape index (κ1) is 16.7. The smallest absolute Gasteiger partial charge is 0.239 e. The zero-order chi connectivity index (χ0) is 15.2. The molecule has 122 valence electrons. The Bertz CT molecular complexity index is 323. The van der Waals surface area contributed by atoms with Crippen LogP contribution in [0.4, 0.5) is 0 Å². The first-order valence-corrected chi connectivity index (χ1v) is 8.45. The summed E-state index contributed by atoms with van der Waals surface area (Å²) in [6.45, 7) is 8.10. The van der Waals surface area contributed by atoms with Crippen LogP contribution in [0.5, 0.6) is 0 Å². The Morgan fingerprint density at radius 3 is 2.48 bits per heavy atom. The van der Waals surface area contributed by atoms with Crippen molar-refractivity contribution in [3.05, 3.63) is 0 Å². The lowest BCUT2D eigenvalue weighted by Crippen LogP contribution is -2.53. The molecule has 0 aromatic heterocycles. The minimum atomic E-state index is -0.0243. The number of carbonyl (C=O) groups excluding carboxylic acids is 1. The lowest BCUT2D eigenvalue weighted by atomic mass is 9.89. The van der Waals surface area contributed by atoms with Gasteiger partial charge in [-0.25, -0.2) is 0 Å². The van der Waals surface area contributed by atoms with Crippen molar-refractivity contribution in [3.8, 4) is 0 Å². The first-order valence-electron chi connectivity index (χ1n) is 8.45. The maximum absolute atomic E-state index is 12.6. The number of likely N-dealkylation sites (N-methyl/N-ethyl adjacent to an activating group) is 1. The lowest BCUT2D eigenvalue weighted by molar-refractivity contribution is -0.141. The van der Waals surface area contributed by atoms with E-state index in [4.69, 9.17) is 4.74 Å². The molecule has 1 saturated heterocycles. The highest BCUT2D eigenvalue weighted by molar-refractivity contribution is 5.81. The van der Waals surface area contributed by atoms with Gasteiger partial charge in [0, 0.05) is 25.2 Å². The summed E-state index contributed by atoms with van der Waals surface area (Å²) in [5.74, 6) is 0.259. The van der Waals surface area contributed by atoms with E-state index in [1.807, 2.05) is 11.8 Å². The van der Waals surface area contributed by atoms with Gasteiger partial charge in [-0.15, -0.1) is 0 Å². The highest BCUT2D eigenvalue weighted by Crippen LogP contribution is 2.24. The minimum Gasteiger partial charge on any atom is -0.378 e. The van der Waals surface area contributed by atoms with Gasteiger partial charge >= 0.3 is 0 Å². The summed E-state index contributed by atoms with van der Waals surface area (Å²) in [5.41, 5.74) is 0. The van der Waals surface area contributed by atoms with E-state index < -0.39 is 0 Å². The van der Waals surface area contributed by atoms with Gasteiger partial charge in [0.25, 0.3) is 0 Å². The Morgan fingerprint density at radius 1 is 1.29 bits per heavy atom. The molecule has 1 saturated carbocycles. The van der Waals surface area contributed by atoms with Crippen LogP contribution in [0.25, 0.3) is 0 Å². The average molecular weight is 297 g/mol. The summed E-state index contributed by atoms with van der Waals surface area (Å²) in [5, 5.41) is 3.54. The van der Waals surface area contributed by atoms with E-state index in [2.05, 4.69) is 24.2 Å². The standard InChI is InChI=1S/C16H31N3O2/c1-4-17-14-5-7-15(8-6-14)18(3)13(2)16(20)19-9-11-21-12-10-19/h13-15,17H,4-12H2,1-3H3. The molecule has 1 unspecified atom stereocenters. The van der Waals surface area contributed by atoms with Gasteiger partial charge in [-0.1, -0.05) is 6.92 Å². The van der Waals surface area contributed by atoms with Crippen LogP contribution in [0.2, 0.25) is 0 Å². The van der Waals surface area contributed by atoms with Gasteiger partial charge in [0.05, 0.1) is 19.3 Å². The van der Waals surface area contributed by atoms with Gasteiger partial charge in [0.1, 0.15) is 0 Å². The fraction of sp³-hybridized carbons (Fsp3) is 0.938. The Morgan fingerprint density at radius 2 is 1.90 bits per heavy atom. The molecule has 1 heterocycles. The molecule has 2 rings (SSSR count). The fourth-order valence-corrected chi connectivity index (χ4v) is 3.51. The van der Waals surface area contributed by atoms with E-state index in [0.29, 0.717) is 25.3 Å². The Hall–Kier alpha value is -0.650. The monoisotopic (exact) mass is 297 g/mol. The van der Waals surface area contributed by atoms with E-state index in [1.165, 1.54) is 25.7 Å². The third kappa shape index (κ3) is 4.41. The second kappa shape index (κ2) is 8.11. The van der Waals surface area contributed by atoms with E-state index in [0.717, 1.165) is 19.6 Å². The van der Waals surface area contributed by atoms with Gasteiger partial charge in [-0.2, -0.15) is 0 Å². The number of ether oxygens (including phenoxy) is 1. The lowest BCUT2D eigenvalue weighted by Gasteiger charge is -2.39. The fourth-order valence-electron chi connectivity index (χ4n) is 3.51. The van der Waals surface area contributed by atoms with Crippen LogP contribution in [0.1, 0.15) is 39.5 Å². The maximum atomic E-state index is 12.6. The van der Waals surface area contributed by atoms with Crippen LogP contribution in [0, 0.1) is 0 Å². The summed E-state index contributed by atoms with van der Waals surface area (Å²) in [4.78, 5) is 16.8. The summed E-state index contributed by atoms with van der Waals surface area (Å²) >= 11 is 0. The molecule has 0 radical (unpaired) electrons. The Kier molecular flexibility index (Phi) is 6.45. The predicted molar refractivity (Wildman–Crippen MR) is 84.3 cm³/mol. The van der Waals surface area contributed by atoms with Crippen molar-refractivity contribution in [1.29, 1.82) is 0 Å². The second-order valence-electron chi connectivity index (χ2n) is 6.34. The number of nitrogens with one attached hydrogen (secondary N) is 1. The van der Waals surface area contributed by atoms with Crippen molar-refractivity contribution in [2.75, 3.05) is 39.9 Å². The normalized spacial score (nSPS) is 28.7. The molecule has 0 aromatic carbocycles. The van der Waals surface area contributed by atoms with E-state index in [1.54, 1.807) is 0 Å². The second-order valence-corrected chi connectivity index (χ2v) is 6.34. The molecule has 1 amide bonds. The number of hydrogen-bond donors (Lipinski definition) is 1. The molecule has 0 aromatic rings. The van der Waals surface area contributed by atoms with Crippen molar-refractivity contribution in [2.45, 2.75) is 57.7 Å². The molecule has 1 aliphatic heterocycles.